The molecule has 0 aliphatic heterocycles. The van der Waals surface area contributed by atoms with Crippen molar-refractivity contribution in [1.29, 1.82) is 0 Å². The summed E-state index contributed by atoms with van der Waals surface area (Å²) >= 11 is 0. The van der Waals surface area contributed by atoms with Crippen LogP contribution in [0.25, 0.3) is 22.1 Å². The van der Waals surface area contributed by atoms with Crippen molar-refractivity contribution in [2.75, 3.05) is 6.54 Å². The van der Waals surface area contributed by atoms with Gasteiger partial charge in [0.05, 0.1) is 16.6 Å². The van der Waals surface area contributed by atoms with Crippen LogP contribution in [0.2, 0.25) is 0 Å². The van der Waals surface area contributed by atoms with E-state index in [4.69, 9.17) is 0 Å². The summed E-state index contributed by atoms with van der Waals surface area (Å²) in [5.74, 6) is 1.15. The third-order valence-corrected chi connectivity index (χ3v) is 4.45. The fourth-order valence-electron chi connectivity index (χ4n) is 3.09. The molecule has 3 N–H and O–H groups in total. The molecule has 0 fully saturated rings. The van der Waals surface area contributed by atoms with Crippen LogP contribution < -0.4 is 5.32 Å². The van der Waals surface area contributed by atoms with Crippen molar-refractivity contribution in [1.82, 2.24) is 25.3 Å². The number of carbonyl (C=O) groups is 1. The number of rotatable bonds is 7. The molecule has 2 aromatic carbocycles. The summed E-state index contributed by atoms with van der Waals surface area (Å²) in [4.78, 5) is 27.1. The van der Waals surface area contributed by atoms with Crippen LogP contribution in [0.15, 0.2) is 42.5 Å². The minimum atomic E-state index is -0.356. The molecule has 0 saturated heterocycles. The van der Waals surface area contributed by atoms with Gasteiger partial charge in [0.2, 0.25) is 5.91 Å². The van der Waals surface area contributed by atoms with Gasteiger partial charge in [-0.1, -0.05) is 18.2 Å². The summed E-state index contributed by atoms with van der Waals surface area (Å²) in [5, 5.41) is 2.91. The molecule has 0 aliphatic carbocycles. The average molecular weight is 365 g/mol. The Kier molecular flexibility index (Phi) is 4.82. The van der Waals surface area contributed by atoms with E-state index in [2.05, 4.69) is 25.3 Å². The summed E-state index contributed by atoms with van der Waals surface area (Å²) in [6.45, 7) is 0.588. The number of nitrogens with zero attached hydrogens (tertiary/aromatic N) is 2. The number of aryl methyl sites for hydroxylation is 2. The zero-order valence-electron chi connectivity index (χ0n) is 14.8. The van der Waals surface area contributed by atoms with Crippen LogP contribution in [-0.2, 0) is 17.6 Å². The third kappa shape index (κ3) is 3.97. The van der Waals surface area contributed by atoms with Crippen LogP contribution in [0, 0.1) is 5.82 Å². The molecule has 4 rings (SSSR count). The fourth-order valence-corrected chi connectivity index (χ4v) is 3.09. The highest BCUT2D eigenvalue weighted by Crippen LogP contribution is 2.15. The first-order valence-electron chi connectivity index (χ1n) is 9.02. The molecule has 1 amide bonds. The first-order chi connectivity index (χ1) is 13.2. The molecule has 27 heavy (non-hydrogen) atoms. The summed E-state index contributed by atoms with van der Waals surface area (Å²) in [7, 11) is 0. The van der Waals surface area contributed by atoms with Gasteiger partial charge in [0.15, 0.2) is 5.82 Å². The number of imidazole rings is 2. The number of nitrogens with one attached hydrogen (secondary N) is 3. The maximum atomic E-state index is 13.6. The van der Waals surface area contributed by atoms with Crippen LogP contribution in [0.3, 0.4) is 0 Å². The van der Waals surface area contributed by atoms with E-state index >= 15 is 0 Å². The lowest BCUT2D eigenvalue weighted by molar-refractivity contribution is -0.121. The number of hydrogen-bond donors (Lipinski definition) is 3. The number of hydrogen-bond acceptors (Lipinski definition) is 3. The number of H-pyrrole nitrogens is 2. The molecule has 2 heterocycles. The Morgan fingerprint density at radius 2 is 1.74 bits per heavy atom. The monoisotopic (exact) mass is 365 g/mol. The normalized spacial score (nSPS) is 11.3. The molecular weight excluding hydrogens is 345 g/mol. The fraction of sp³-hybridized carbons (Fsp3) is 0.250. The smallest absolute Gasteiger partial charge is 0.220 e. The molecule has 138 valence electrons. The predicted molar refractivity (Wildman–Crippen MR) is 102 cm³/mol. The number of aromatic amines is 2. The van der Waals surface area contributed by atoms with Crippen molar-refractivity contribution in [2.24, 2.45) is 0 Å². The molecule has 0 bridgehead atoms. The summed E-state index contributed by atoms with van der Waals surface area (Å²) < 4.78 is 13.6. The van der Waals surface area contributed by atoms with Crippen LogP contribution >= 0.6 is 0 Å². The van der Waals surface area contributed by atoms with Gasteiger partial charge in [-0.25, -0.2) is 14.4 Å². The van der Waals surface area contributed by atoms with Gasteiger partial charge in [-0.3, -0.25) is 4.79 Å². The second-order valence-corrected chi connectivity index (χ2v) is 6.47. The maximum absolute atomic E-state index is 13.6. The van der Waals surface area contributed by atoms with E-state index in [1.165, 1.54) is 6.07 Å². The minimum Gasteiger partial charge on any atom is -0.356 e. The maximum Gasteiger partial charge on any atom is 0.220 e. The summed E-state index contributed by atoms with van der Waals surface area (Å²) in [6, 6.07) is 12.7. The zero-order chi connectivity index (χ0) is 18.6. The Bertz CT molecular complexity index is 1050. The molecule has 0 spiro atoms. The number of benzene rings is 2. The van der Waals surface area contributed by atoms with Crippen molar-refractivity contribution in [3.05, 3.63) is 59.9 Å². The van der Waals surface area contributed by atoms with Crippen molar-refractivity contribution in [3.8, 4) is 0 Å². The number of fused-ring (bicyclic) bond motifs is 2. The van der Waals surface area contributed by atoms with Gasteiger partial charge in [0, 0.05) is 25.8 Å². The molecule has 7 heteroatoms. The number of aromatic nitrogens is 4. The molecule has 6 nitrogen and oxygen atoms in total. The highest BCUT2D eigenvalue weighted by atomic mass is 19.1. The zero-order valence-corrected chi connectivity index (χ0v) is 14.8. The van der Waals surface area contributed by atoms with Crippen LogP contribution in [0.5, 0.6) is 0 Å². The topological polar surface area (TPSA) is 86.5 Å². The number of amides is 1. The third-order valence-electron chi connectivity index (χ3n) is 4.45. The number of para-hydroxylation sites is 3. The Morgan fingerprint density at radius 1 is 0.963 bits per heavy atom. The van der Waals surface area contributed by atoms with Gasteiger partial charge >= 0.3 is 0 Å². The quantitative estimate of drug-likeness (QED) is 0.439. The lowest BCUT2D eigenvalue weighted by Crippen LogP contribution is -2.25. The van der Waals surface area contributed by atoms with Gasteiger partial charge in [-0.2, -0.15) is 0 Å². The molecule has 4 aromatic rings. The van der Waals surface area contributed by atoms with E-state index in [0.29, 0.717) is 36.2 Å². The molecule has 0 saturated carbocycles. The highest BCUT2D eigenvalue weighted by Gasteiger charge is 2.09. The second kappa shape index (κ2) is 7.57. The van der Waals surface area contributed by atoms with E-state index in [9.17, 15) is 9.18 Å². The van der Waals surface area contributed by atoms with Gasteiger partial charge in [-0.05, 0) is 30.7 Å². The Morgan fingerprint density at radius 3 is 2.59 bits per heavy atom. The lowest BCUT2D eigenvalue weighted by Gasteiger charge is -2.03. The van der Waals surface area contributed by atoms with Crippen molar-refractivity contribution >= 4 is 28.0 Å². The van der Waals surface area contributed by atoms with Crippen molar-refractivity contribution in [2.45, 2.75) is 25.7 Å². The van der Waals surface area contributed by atoms with Crippen molar-refractivity contribution in [3.63, 3.8) is 0 Å². The average Bonchev–Trinajstić information content (AvgIpc) is 3.27. The first-order valence-corrected chi connectivity index (χ1v) is 9.02. The predicted octanol–water partition coefficient (Wildman–Crippen LogP) is 3.26. The van der Waals surface area contributed by atoms with E-state index in [0.717, 1.165) is 29.7 Å². The van der Waals surface area contributed by atoms with E-state index in [-0.39, 0.29) is 11.7 Å². The Hall–Kier alpha value is -3.22. The van der Waals surface area contributed by atoms with Gasteiger partial charge < -0.3 is 15.3 Å². The van der Waals surface area contributed by atoms with E-state index in [1.807, 2.05) is 24.3 Å². The molecule has 0 aliphatic rings. The first kappa shape index (κ1) is 17.2. The van der Waals surface area contributed by atoms with Crippen molar-refractivity contribution < 1.29 is 9.18 Å². The number of carbonyl (C=O) groups excluding carboxylic acids is 1. The SMILES string of the molecule is O=C(CCc1nc2c(F)cccc2[nH]1)NCCCc1nc2ccccc2[nH]1. The minimum absolute atomic E-state index is 0.0412. The van der Waals surface area contributed by atoms with Gasteiger partial charge in [-0.15, -0.1) is 0 Å². The van der Waals surface area contributed by atoms with Gasteiger partial charge in [0.1, 0.15) is 17.2 Å². The molecule has 0 radical (unpaired) electrons. The molecule has 0 unspecified atom stereocenters. The largest absolute Gasteiger partial charge is 0.356 e. The second-order valence-electron chi connectivity index (χ2n) is 6.47. The number of halogens is 1. The van der Waals surface area contributed by atoms with E-state index < -0.39 is 0 Å². The van der Waals surface area contributed by atoms with Crippen LogP contribution in [0.4, 0.5) is 4.39 Å². The lowest BCUT2D eigenvalue weighted by atomic mass is 10.2. The Labute approximate surface area is 155 Å². The standard InChI is InChI=1S/C20H20FN5O/c21-13-5-3-8-16-20(13)26-18(25-16)10-11-19(27)22-12-4-9-17-23-14-6-1-2-7-15(14)24-17/h1-3,5-8H,4,9-12H2,(H,22,27)(H,23,24)(H,25,26). The molecule has 0 atom stereocenters. The van der Waals surface area contributed by atoms with Gasteiger partial charge in [0.25, 0.3) is 0 Å². The molecular formula is C20H20FN5O. The van der Waals surface area contributed by atoms with Crippen LogP contribution in [0.1, 0.15) is 24.5 Å². The summed E-state index contributed by atoms with van der Waals surface area (Å²) in [5.41, 5.74) is 2.95. The summed E-state index contributed by atoms with van der Waals surface area (Å²) in [6.07, 6.45) is 2.34. The highest BCUT2D eigenvalue weighted by molar-refractivity contribution is 5.77. The van der Waals surface area contributed by atoms with Crippen LogP contribution in [-0.4, -0.2) is 32.4 Å². The van der Waals surface area contributed by atoms with E-state index in [1.54, 1.807) is 12.1 Å². The Balaban J connectivity index is 1.21. The molecule has 2 aromatic heterocycles.